The summed E-state index contributed by atoms with van der Waals surface area (Å²) in [4.78, 5) is 3.85. The van der Waals surface area contributed by atoms with Gasteiger partial charge in [-0.3, -0.25) is 4.99 Å². The average Bonchev–Trinajstić information content (AvgIpc) is 3.09. The van der Waals surface area contributed by atoms with Gasteiger partial charge in [0.05, 0.1) is 0 Å². The van der Waals surface area contributed by atoms with E-state index in [1.54, 1.807) is 6.20 Å². The summed E-state index contributed by atoms with van der Waals surface area (Å²) < 4.78 is 0. The summed E-state index contributed by atoms with van der Waals surface area (Å²) in [5.74, 6) is 0. The second kappa shape index (κ2) is 5.58. The molecule has 2 nitrogen and oxygen atoms in total. The maximum Gasteiger partial charge on any atom is 0.0339 e. The fourth-order valence-electron chi connectivity index (χ4n) is 2.24. The predicted molar refractivity (Wildman–Crippen MR) is 78.3 cm³/mol. The van der Waals surface area contributed by atoms with Gasteiger partial charge in [-0.25, -0.2) is 0 Å². The van der Waals surface area contributed by atoms with Crippen molar-refractivity contribution in [3.05, 3.63) is 58.4 Å². The summed E-state index contributed by atoms with van der Waals surface area (Å²) in [6.07, 6.45) is 14.9. The van der Waals surface area contributed by atoms with Crippen molar-refractivity contribution in [3.63, 3.8) is 0 Å². The van der Waals surface area contributed by atoms with Gasteiger partial charge in [0.2, 0.25) is 0 Å². The van der Waals surface area contributed by atoms with E-state index in [-0.39, 0.29) is 0 Å². The number of hydrogen-bond acceptors (Lipinski definition) is 2. The van der Waals surface area contributed by atoms with Gasteiger partial charge in [-0.1, -0.05) is 25.2 Å². The van der Waals surface area contributed by atoms with Crippen LogP contribution in [-0.2, 0) is 0 Å². The summed E-state index contributed by atoms with van der Waals surface area (Å²) >= 11 is 0. The van der Waals surface area contributed by atoms with E-state index in [4.69, 9.17) is 5.41 Å². The van der Waals surface area contributed by atoms with Crippen molar-refractivity contribution >= 4 is 12.9 Å². The minimum absolute atomic E-state index is 0.909. The molecule has 1 N–H and O–H groups in total. The molecular weight excluding hydrogens is 220 g/mol. The summed E-state index contributed by atoms with van der Waals surface area (Å²) in [7, 11) is 0. The fraction of sp³-hybridized carbons (Fsp3) is 0.250. The maximum atomic E-state index is 7.49. The molecule has 0 bridgehead atoms. The summed E-state index contributed by atoms with van der Waals surface area (Å²) in [6.45, 7) is 5.58. The Labute approximate surface area is 108 Å². The fourth-order valence-corrected chi connectivity index (χ4v) is 2.24. The Kier molecular flexibility index (Phi) is 3.88. The van der Waals surface area contributed by atoms with Crippen molar-refractivity contribution in [2.75, 3.05) is 0 Å². The molecule has 0 saturated heterocycles. The number of hydrogen-bond donors (Lipinski definition) is 1. The van der Waals surface area contributed by atoms with Crippen molar-refractivity contribution in [3.8, 4) is 0 Å². The van der Waals surface area contributed by atoms with Gasteiger partial charge in [0.1, 0.15) is 0 Å². The number of aliphatic imine (C=N–C) groups is 1. The van der Waals surface area contributed by atoms with Crippen LogP contribution in [-0.4, -0.2) is 12.9 Å². The molecule has 0 spiro atoms. The van der Waals surface area contributed by atoms with Crippen LogP contribution in [0.2, 0.25) is 0 Å². The lowest BCUT2D eigenvalue weighted by molar-refractivity contribution is 1.02. The van der Waals surface area contributed by atoms with E-state index < -0.39 is 0 Å². The molecule has 18 heavy (non-hydrogen) atoms. The molecule has 0 aliphatic heterocycles. The molecule has 0 radical (unpaired) electrons. The van der Waals surface area contributed by atoms with Crippen molar-refractivity contribution < 1.29 is 0 Å². The molecule has 2 heteroatoms. The lowest BCUT2D eigenvalue weighted by Gasteiger charge is -2.01. The zero-order chi connectivity index (χ0) is 13.0. The van der Waals surface area contributed by atoms with E-state index in [1.807, 2.05) is 6.08 Å². The highest BCUT2D eigenvalue weighted by Gasteiger charge is 2.28. The maximum absolute atomic E-state index is 7.49. The molecule has 92 valence electrons. The smallest absolute Gasteiger partial charge is 0.0339 e. The minimum Gasteiger partial charge on any atom is -0.308 e. The zero-order valence-corrected chi connectivity index (χ0v) is 10.7. The van der Waals surface area contributed by atoms with E-state index in [9.17, 15) is 0 Å². The Balaban J connectivity index is 2.24. The molecule has 2 rings (SSSR count). The minimum atomic E-state index is 0.909. The third-order valence-corrected chi connectivity index (χ3v) is 3.17. The first-order valence-corrected chi connectivity index (χ1v) is 6.31. The first-order valence-electron chi connectivity index (χ1n) is 6.31. The van der Waals surface area contributed by atoms with Crippen LogP contribution in [0.25, 0.3) is 0 Å². The largest absolute Gasteiger partial charge is 0.308 e. The SMILES string of the molecule is C=N/C=C(/C=C1C2=C/1CCC=C2)C(\C=N)=C/CC. The van der Waals surface area contributed by atoms with Gasteiger partial charge in [-0.15, -0.1) is 0 Å². The van der Waals surface area contributed by atoms with Crippen LogP contribution in [0.1, 0.15) is 26.2 Å². The molecule has 0 fully saturated rings. The topological polar surface area (TPSA) is 36.2 Å². The third kappa shape index (κ3) is 2.48. The monoisotopic (exact) mass is 238 g/mol. The molecule has 0 heterocycles. The molecular formula is C16H18N2. The van der Waals surface area contributed by atoms with E-state index in [2.05, 4.69) is 36.9 Å². The second-order valence-electron chi connectivity index (χ2n) is 4.37. The Hall–Kier alpha value is -1.96. The molecule has 0 aromatic rings. The highest BCUT2D eigenvalue weighted by atomic mass is 14.6. The van der Waals surface area contributed by atoms with Crippen LogP contribution in [0.3, 0.4) is 0 Å². The van der Waals surface area contributed by atoms with Gasteiger partial charge in [-0.05, 0) is 54.3 Å². The van der Waals surface area contributed by atoms with E-state index in [0.717, 1.165) is 30.4 Å². The van der Waals surface area contributed by atoms with Crippen LogP contribution in [0, 0.1) is 5.41 Å². The number of rotatable bonds is 5. The quantitative estimate of drug-likeness (QED) is 0.552. The molecule has 2 aliphatic rings. The normalized spacial score (nSPS) is 21.1. The van der Waals surface area contributed by atoms with Gasteiger partial charge < -0.3 is 5.41 Å². The lowest BCUT2D eigenvalue weighted by atomic mass is 10.1. The van der Waals surface area contributed by atoms with Crippen molar-refractivity contribution in [2.45, 2.75) is 26.2 Å². The van der Waals surface area contributed by atoms with Gasteiger partial charge in [0, 0.05) is 18.0 Å². The first-order chi connectivity index (χ1) is 8.81. The van der Waals surface area contributed by atoms with Gasteiger partial charge >= 0.3 is 0 Å². The summed E-state index contributed by atoms with van der Waals surface area (Å²) in [5.41, 5.74) is 6.04. The zero-order valence-electron chi connectivity index (χ0n) is 10.7. The highest BCUT2D eigenvalue weighted by molar-refractivity contribution is 5.85. The van der Waals surface area contributed by atoms with Crippen molar-refractivity contribution in [1.82, 2.24) is 0 Å². The average molecular weight is 238 g/mol. The molecule has 0 aromatic carbocycles. The van der Waals surface area contributed by atoms with E-state index in [0.29, 0.717) is 0 Å². The Morgan fingerprint density at radius 3 is 2.89 bits per heavy atom. The molecule has 0 aromatic heterocycles. The summed E-state index contributed by atoms with van der Waals surface area (Å²) in [5, 5.41) is 7.49. The number of nitrogens with zero attached hydrogens (tertiary/aromatic N) is 1. The van der Waals surface area contributed by atoms with Crippen molar-refractivity contribution in [1.29, 1.82) is 5.41 Å². The Morgan fingerprint density at radius 1 is 1.50 bits per heavy atom. The van der Waals surface area contributed by atoms with Crippen LogP contribution < -0.4 is 0 Å². The van der Waals surface area contributed by atoms with Crippen LogP contribution in [0.4, 0.5) is 0 Å². The molecule has 0 saturated carbocycles. The number of allylic oxidation sites excluding steroid dienone is 9. The lowest BCUT2D eigenvalue weighted by Crippen LogP contribution is -1.88. The Morgan fingerprint density at radius 2 is 2.33 bits per heavy atom. The van der Waals surface area contributed by atoms with E-state index >= 15 is 0 Å². The molecule has 2 aliphatic carbocycles. The molecule has 0 amide bonds. The second-order valence-corrected chi connectivity index (χ2v) is 4.37. The first kappa shape index (κ1) is 12.5. The van der Waals surface area contributed by atoms with Crippen LogP contribution >= 0.6 is 0 Å². The van der Waals surface area contributed by atoms with Crippen LogP contribution in [0.15, 0.2) is 63.4 Å². The molecule has 0 atom stereocenters. The van der Waals surface area contributed by atoms with E-state index in [1.165, 1.54) is 22.9 Å². The standard InChI is InChI=1S/C16H18N2/c1-3-6-12(10-17)13(11-18-2)9-16-14-7-4-5-8-15(14)16/h4,6-7,9-11,17H,2-3,5,8H2,1H3/b12-6-,13-11-,16-9-,17-10?. The third-order valence-electron chi connectivity index (χ3n) is 3.17. The van der Waals surface area contributed by atoms with Crippen LogP contribution in [0.5, 0.6) is 0 Å². The Bertz CT molecular complexity index is 525. The number of nitrogens with one attached hydrogen (secondary N) is 1. The summed E-state index contributed by atoms with van der Waals surface area (Å²) in [6, 6.07) is 0. The van der Waals surface area contributed by atoms with Gasteiger partial charge in [0.25, 0.3) is 0 Å². The van der Waals surface area contributed by atoms with Crippen molar-refractivity contribution in [2.24, 2.45) is 4.99 Å². The van der Waals surface area contributed by atoms with Gasteiger partial charge in [0.15, 0.2) is 0 Å². The predicted octanol–water partition coefficient (Wildman–Crippen LogP) is 4.14. The van der Waals surface area contributed by atoms with Gasteiger partial charge in [-0.2, -0.15) is 0 Å². The molecule has 0 unspecified atom stereocenters. The highest BCUT2D eigenvalue weighted by Crippen LogP contribution is 2.46.